The molecular weight excluding hydrogens is 413 g/mol. The maximum atomic E-state index is 12.6. The molecule has 0 radical (unpaired) electrons. The van der Waals surface area contributed by atoms with E-state index in [9.17, 15) is 22.8 Å². The molecule has 31 heavy (non-hydrogen) atoms. The quantitative estimate of drug-likeness (QED) is 0.555. The predicted octanol–water partition coefficient (Wildman–Crippen LogP) is 5.03. The Morgan fingerprint density at radius 1 is 1.06 bits per heavy atom. The molecule has 1 amide bonds. The van der Waals surface area contributed by atoms with Crippen molar-refractivity contribution in [2.75, 3.05) is 11.9 Å². The summed E-state index contributed by atoms with van der Waals surface area (Å²) < 4.78 is 48.6. The smallest absolute Gasteiger partial charge is 0.416 e. The van der Waals surface area contributed by atoms with Crippen molar-refractivity contribution < 1.29 is 31.9 Å². The minimum absolute atomic E-state index is 0.0312. The zero-order chi connectivity index (χ0) is 22.0. The van der Waals surface area contributed by atoms with Gasteiger partial charge in [-0.1, -0.05) is 18.2 Å². The van der Waals surface area contributed by atoms with Gasteiger partial charge in [-0.2, -0.15) is 13.2 Å². The van der Waals surface area contributed by atoms with Gasteiger partial charge in [0.2, 0.25) is 5.89 Å². The molecule has 0 spiro atoms. The number of alkyl halides is 3. The molecule has 1 N–H and O–H groups in total. The molecule has 2 aromatic carbocycles. The standard InChI is InChI=1S/C22H17F3N2O4/c23-22(24,25)15-8-10-16(11-9-15)26-17(28)12-30-21(29)18-19(13-6-7-13)31-20(27-18)14-4-2-1-3-5-14/h1-5,8-11,13H,6-7,12H2,(H,26,28). The highest BCUT2D eigenvalue weighted by atomic mass is 19.4. The van der Waals surface area contributed by atoms with E-state index in [0.29, 0.717) is 17.2 Å². The Hall–Kier alpha value is -3.62. The average molecular weight is 430 g/mol. The predicted molar refractivity (Wildman–Crippen MR) is 104 cm³/mol. The van der Waals surface area contributed by atoms with Crippen LogP contribution in [0.2, 0.25) is 0 Å². The van der Waals surface area contributed by atoms with Gasteiger partial charge in [0.25, 0.3) is 5.91 Å². The summed E-state index contributed by atoms with van der Waals surface area (Å²) in [7, 11) is 0. The van der Waals surface area contributed by atoms with Crippen LogP contribution in [0, 0.1) is 0 Å². The number of benzene rings is 2. The van der Waals surface area contributed by atoms with Crippen LogP contribution < -0.4 is 5.32 Å². The third-order valence-corrected chi connectivity index (χ3v) is 4.65. The zero-order valence-electron chi connectivity index (χ0n) is 16.1. The fourth-order valence-electron chi connectivity index (χ4n) is 2.94. The molecule has 0 saturated heterocycles. The summed E-state index contributed by atoms with van der Waals surface area (Å²) >= 11 is 0. The van der Waals surface area contributed by atoms with E-state index in [2.05, 4.69) is 10.3 Å². The normalized spacial score (nSPS) is 13.6. The molecule has 1 fully saturated rings. The van der Waals surface area contributed by atoms with Crippen LogP contribution in [0.5, 0.6) is 0 Å². The number of aromatic nitrogens is 1. The number of hydrogen-bond acceptors (Lipinski definition) is 5. The van der Waals surface area contributed by atoms with E-state index < -0.39 is 30.2 Å². The Morgan fingerprint density at radius 3 is 2.35 bits per heavy atom. The molecule has 1 saturated carbocycles. The summed E-state index contributed by atoms with van der Waals surface area (Å²) in [6, 6.07) is 13.0. The van der Waals surface area contributed by atoms with Crippen LogP contribution in [0.3, 0.4) is 0 Å². The number of ether oxygens (including phenoxy) is 1. The lowest BCUT2D eigenvalue weighted by Crippen LogP contribution is -2.21. The molecule has 9 heteroatoms. The van der Waals surface area contributed by atoms with Gasteiger partial charge >= 0.3 is 12.1 Å². The second-order valence-electron chi connectivity index (χ2n) is 7.07. The van der Waals surface area contributed by atoms with Crippen molar-refractivity contribution in [3.8, 4) is 11.5 Å². The summed E-state index contributed by atoms with van der Waals surface area (Å²) in [5.41, 5.74) is 0.0671. The Kier molecular flexibility index (Phi) is 5.50. The monoisotopic (exact) mass is 430 g/mol. The highest BCUT2D eigenvalue weighted by Crippen LogP contribution is 2.43. The molecule has 1 aliphatic rings. The van der Waals surface area contributed by atoms with Crippen molar-refractivity contribution in [2.24, 2.45) is 0 Å². The summed E-state index contributed by atoms with van der Waals surface area (Å²) in [4.78, 5) is 28.8. The van der Waals surface area contributed by atoms with Crippen LogP contribution in [0.25, 0.3) is 11.5 Å². The van der Waals surface area contributed by atoms with Gasteiger partial charge in [-0.3, -0.25) is 4.79 Å². The third-order valence-electron chi connectivity index (χ3n) is 4.65. The van der Waals surface area contributed by atoms with Gasteiger partial charge in [0.15, 0.2) is 12.3 Å². The first-order chi connectivity index (χ1) is 14.8. The molecule has 0 atom stereocenters. The van der Waals surface area contributed by atoms with E-state index in [1.54, 1.807) is 12.1 Å². The summed E-state index contributed by atoms with van der Waals surface area (Å²) in [5.74, 6) is -0.660. The number of nitrogens with one attached hydrogen (secondary N) is 1. The SMILES string of the molecule is O=C(COC(=O)c1nc(-c2ccccc2)oc1C1CC1)Nc1ccc(C(F)(F)F)cc1. The van der Waals surface area contributed by atoms with Crippen molar-refractivity contribution >= 4 is 17.6 Å². The minimum Gasteiger partial charge on any atom is -0.451 e. The number of esters is 1. The summed E-state index contributed by atoms with van der Waals surface area (Å²) in [6.45, 7) is -0.614. The minimum atomic E-state index is -4.46. The molecule has 1 aromatic heterocycles. The van der Waals surface area contributed by atoms with Crippen molar-refractivity contribution in [2.45, 2.75) is 24.9 Å². The first-order valence-corrected chi connectivity index (χ1v) is 9.51. The lowest BCUT2D eigenvalue weighted by molar-refractivity contribution is -0.137. The summed E-state index contributed by atoms with van der Waals surface area (Å²) in [5, 5.41) is 2.38. The van der Waals surface area contributed by atoms with Crippen LogP contribution in [0.15, 0.2) is 59.0 Å². The van der Waals surface area contributed by atoms with Crippen LogP contribution >= 0.6 is 0 Å². The van der Waals surface area contributed by atoms with Crippen molar-refractivity contribution in [1.29, 1.82) is 0 Å². The fourth-order valence-corrected chi connectivity index (χ4v) is 2.94. The fraction of sp³-hybridized carbons (Fsp3) is 0.227. The number of anilines is 1. The van der Waals surface area contributed by atoms with E-state index in [0.717, 1.165) is 37.1 Å². The Balaban J connectivity index is 1.39. The van der Waals surface area contributed by atoms with Crippen molar-refractivity contribution in [3.63, 3.8) is 0 Å². The van der Waals surface area contributed by atoms with Gasteiger partial charge in [-0.15, -0.1) is 0 Å². The Morgan fingerprint density at radius 2 is 1.74 bits per heavy atom. The maximum absolute atomic E-state index is 12.6. The second kappa shape index (κ2) is 8.25. The molecule has 0 unspecified atom stereocenters. The van der Waals surface area contributed by atoms with Gasteiger partial charge in [0.1, 0.15) is 5.76 Å². The number of halogens is 3. The first kappa shape index (κ1) is 20.6. The summed E-state index contributed by atoms with van der Waals surface area (Å²) in [6.07, 6.45) is -2.72. The second-order valence-corrected chi connectivity index (χ2v) is 7.07. The number of oxazole rings is 1. The van der Waals surface area contributed by atoms with Crippen LogP contribution in [-0.2, 0) is 15.7 Å². The molecule has 6 nitrogen and oxygen atoms in total. The van der Waals surface area contributed by atoms with Crippen LogP contribution in [0.4, 0.5) is 18.9 Å². The first-order valence-electron chi connectivity index (χ1n) is 9.51. The van der Waals surface area contributed by atoms with E-state index in [1.165, 1.54) is 0 Å². The molecule has 1 aliphatic carbocycles. The van der Waals surface area contributed by atoms with Gasteiger partial charge in [0, 0.05) is 17.2 Å². The van der Waals surface area contributed by atoms with Gasteiger partial charge in [-0.05, 0) is 49.2 Å². The van der Waals surface area contributed by atoms with E-state index in [-0.39, 0.29) is 17.3 Å². The number of amides is 1. The molecule has 0 bridgehead atoms. The maximum Gasteiger partial charge on any atom is 0.416 e. The number of nitrogens with zero attached hydrogens (tertiary/aromatic N) is 1. The lowest BCUT2D eigenvalue weighted by atomic mass is 10.2. The Labute approximate surface area is 175 Å². The van der Waals surface area contributed by atoms with E-state index in [4.69, 9.17) is 9.15 Å². The zero-order valence-corrected chi connectivity index (χ0v) is 16.1. The van der Waals surface area contributed by atoms with E-state index >= 15 is 0 Å². The molecule has 0 aliphatic heterocycles. The van der Waals surface area contributed by atoms with Crippen molar-refractivity contribution in [3.05, 3.63) is 71.6 Å². The molecule has 1 heterocycles. The highest BCUT2D eigenvalue weighted by molar-refractivity contribution is 5.95. The topological polar surface area (TPSA) is 81.4 Å². The van der Waals surface area contributed by atoms with E-state index in [1.807, 2.05) is 18.2 Å². The molecule has 3 aromatic rings. The van der Waals surface area contributed by atoms with Gasteiger partial charge in [0.05, 0.1) is 5.56 Å². The highest BCUT2D eigenvalue weighted by Gasteiger charge is 2.35. The average Bonchev–Trinajstić information content (AvgIpc) is 3.50. The number of carbonyl (C=O) groups excluding carboxylic acids is 2. The van der Waals surface area contributed by atoms with Crippen LogP contribution in [-0.4, -0.2) is 23.5 Å². The number of hydrogen-bond donors (Lipinski definition) is 1. The third kappa shape index (κ3) is 4.93. The van der Waals surface area contributed by atoms with Crippen molar-refractivity contribution in [1.82, 2.24) is 4.98 Å². The molecular formula is C22H17F3N2O4. The van der Waals surface area contributed by atoms with Gasteiger partial charge in [-0.25, -0.2) is 9.78 Å². The van der Waals surface area contributed by atoms with Gasteiger partial charge < -0.3 is 14.5 Å². The van der Waals surface area contributed by atoms with Crippen LogP contribution in [0.1, 0.15) is 40.6 Å². The number of rotatable bonds is 6. The molecule has 4 rings (SSSR count). The number of carbonyl (C=O) groups is 2. The Bertz CT molecular complexity index is 1090. The largest absolute Gasteiger partial charge is 0.451 e. The molecule has 160 valence electrons. The lowest BCUT2D eigenvalue weighted by Gasteiger charge is -2.09.